The summed E-state index contributed by atoms with van der Waals surface area (Å²) in [5.74, 6) is -0.0206. The van der Waals surface area contributed by atoms with E-state index in [0.717, 1.165) is 17.1 Å². The summed E-state index contributed by atoms with van der Waals surface area (Å²) < 4.78 is 25.9. The molecule has 0 bridgehead atoms. The van der Waals surface area contributed by atoms with Crippen LogP contribution in [0.15, 0.2) is 23.2 Å². The van der Waals surface area contributed by atoms with Crippen molar-refractivity contribution in [2.45, 2.75) is 36.2 Å². The highest BCUT2D eigenvalue weighted by Crippen LogP contribution is 2.31. The van der Waals surface area contributed by atoms with Gasteiger partial charge in [0.15, 0.2) is 0 Å². The van der Waals surface area contributed by atoms with Crippen molar-refractivity contribution in [1.29, 1.82) is 0 Å². The van der Waals surface area contributed by atoms with Gasteiger partial charge in [0, 0.05) is 19.8 Å². The average molecular weight is 285 g/mol. The number of nitrogen functional groups attached to an aromatic ring is 1. The van der Waals surface area contributed by atoms with E-state index in [9.17, 15) is 13.5 Å². The van der Waals surface area contributed by atoms with Crippen molar-refractivity contribution in [3.05, 3.63) is 18.3 Å². The Morgan fingerprint density at radius 1 is 1.47 bits per heavy atom. The van der Waals surface area contributed by atoms with Crippen LogP contribution in [0, 0.1) is 0 Å². The smallest absolute Gasteiger partial charge is 0.246 e. The molecule has 1 aromatic heterocycles. The third kappa shape index (κ3) is 2.88. The van der Waals surface area contributed by atoms with Crippen LogP contribution in [0.3, 0.4) is 0 Å². The Bertz CT molecular complexity index is 553. The van der Waals surface area contributed by atoms with Crippen LogP contribution in [0.2, 0.25) is 0 Å². The molecule has 1 aromatic rings. The number of hydrogen-bond donors (Lipinski definition) is 2. The number of pyridine rings is 1. The van der Waals surface area contributed by atoms with E-state index in [1.807, 2.05) is 0 Å². The third-order valence-electron chi connectivity index (χ3n) is 3.54. The van der Waals surface area contributed by atoms with Crippen LogP contribution in [0.25, 0.3) is 0 Å². The van der Waals surface area contributed by atoms with Crippen molar-refractivity contribution in [1.82, 2.24) is 9.29 Å². The summed E-state index contributed by atoms with van der Waals surface area (Å²) >= 11 is 0. The van der Waals surface area contributed by atoms with Crippen molar-refractivity contribution < 1.29 is 13.5 Å². The maximum Gasteiger partial charge on any atom is 0.246 e. The minimum Gasteiger partial charge on any atom is -0.389 e. The fourth-order valence-corrected chi connectivity index (χ4v) is 3.79. The topological polar surface area (TPSA) is 96.5 Å². The number of rotatable bonds is 4. The maximum atomic E-state index is 12.4. The van der Waals surface area contributed by atoms with Crippen LogP contribution in [-0.4, -0.2) is 42.0 Å². The van der Waals surface area contributed by atoms with E-state index in [1.165, 1.54) is 25.4 Å². The Hall–Kier alpha value is -1.18. The normalized spacial score (nSPS) is 18.9. The Morgan fingerprint density at radius 3 is 2.68 bits per heavy atom. The predicted molar refractivity (Wildman–Crippen MR) is 71.9 cm³/mol. The van der Waals surface area contributed by atoms with Crippen LogP contribution in [0.4, 0.5) is 5.82 Å². The van der Waals surface area contributed by atoms with E-state index in [1.54, 1.807) is 0 Å². The molecular weight excluding hydrogens is 266 g/mol. The molecule has 0 amide bonds. The van der Waals surface area contributed by atoms with Crippen molar-refractivity contribution in [2.24, 2.45) is 0 Å². The first-order valence-corrected chi connectivity index (χ1v) is 7.68. The number of likely N-dealkylation sites (N-methyl/N-ethyl adjacent to an activating group) is 1. The molecule has 0 atom stereocenters. The second kappa shape index (κ2) is 5.07. The van der Waals surface area contributed by atoms with Crippen LogP contribution in [-0.2, 0) is 10.0 Å². The molecule has 7 heteroatoms. The number of anilines is 1. The second-order valence-electron chi connectivity index (χ2n) is 5.08. The van der Waals surface area contributed by atoms with Gasteiger partial charge in [-0.1, -0.05) is 12.8 Å². The van der Waals surface area contributed by atoms with Crippen molar-refractivity contribution in [3.8, 4) is 0 Å². The van der Waals surface area contributed by atoms with Crippen molar-refractivity contribution in [3.63, 3.8) is 0 Å². The van der Waals surface area contributed by atoms with Crippen molar-refractivity contribution >= 4 is 15.8 Å². The molecule has 1 aliphatic carbocycles. The molecule has 1 saturated carbocycles. The molecule has 19 heavy (non-hydrogen) atoms. The quantitative estimate of drug-likeness (QED) is 0.844. The SMILES string of the molecule is CN(CC1(O)CCCC1)S(=O)(=O)c1cccnc1N. The van der Waals surface area contributed by atoms with Gasteiger partial charge in [-0.05, 0) is 25.0 Å². The van der Waals surface area contributed by atoms with E-state index < -0.39 is 15.6 Å². The minimum atomic E-state index is -3.71. The highest BCUT2D eigenvalue weighted by Gasteiger charge is 2.36. The van der Waals surface area contributed by atoms with Crippen molar-refractivity contribution in [2.75, 3.05) is 19.3 Å². The summed E-state index contributed by atoms with van der Waals surface area (Å²) in [6, 6.07) is 2.95. The first-order chi connectivity index (χ1) is 8.85. The lowest BCUT2D eigenvalue weighted by Gasteiger charge is -2.28. The van der Waals surface area contributed by atoms with E-state index in [4.69, 9.17) is 5.73 Å². The molecule has 1 heterocycles. The third-order valence-corrected chi connectivity index (χ3v) is 5.39. The molecule has 0 unspecified atom stereocenters. The second-order valence-corrected chi connectivity index (χ2v) is 7.09. The van der Waals surface area contributed by atoms with Crippen LogP contribution in [0.1, 0.15) is 25.7 Å². The molecule has 1 fully saturated rings. The molecule has 1 aliphatic rings. The van der Waals surface area contributed by atoms with Crippen LogP contribution in [0.5, 0.6) is 0 Å². The number of aliphatic hydroxyl groups is 1. The molecule has 106 valence electrons. The van der Waals surface area contributed by atoms with Gasteiger partial charge in [-0.2, -0.15) is 4.31 Å². The summed E-state index contributed by atoms with van der Waals surface area (Å²) in [7, 11) is -2.25. The highest BCUT2D eigenvalue weighted by molar-refractivity contribution is 7.89. The summed E-state index contributed by atoms with van der Waals surface area (Å²) in [5, 5.41) is 10.3. The highest BCUT2D eigenvalue weighted by atomic mass is 32.2. The zero-order chi connectivity index (χ0) is 14.1. The van der Waals surface area contributed by atoms with E-state index in [2.05, 4.69) is 4.98 Å². The molecular formula is C12H19N3O3S. The van der Waals surface area contributed by atoms with Gasteiger partial charge >= 0.3 is 0 Å². The minimum absolute atomic E-state index is 0.0147. The molecule has 0 radical (unpaired) electrons. The zero-order valence-corrected chi connectivity index (χ0v) is 11.7. The largest absolute Gasteiger partial charge is 0.389 e. The molecule has 0 aliphatic heterocycles. The van der Waals surface area contributed by atoms with Gasteiger partial charge in [0.2, 0.25) is 10.0 Å². The lowest BCUT2D eigenvalue weighted by Crippen LogP contribution is -2.42. The monoisotopic (exact) mass is 285 g/mol. The number of hydrogen-bond acceptors (Lipinski definition) is 5. The van der Waals surface area contributed by atoms with Crippen LogP contribution >= 0.6 is 0 Å². The Kier molecular flexibility index (Phi) is 3.80. The Balaban J connectivity index is 2.22. The number of nitrogens with zero attached hydrogens (tertiary/aromatic N) is 2. The molecule has 2 rings (SSSR count). The summed E-state index contributed by atoms with van der Waals surface area (Å²) in [5.41, 5.74) is 4.69. The van der Waals surface area contributed by atoms with Gasteiger partial charge in [0.1, 0.15) is 10.7 Å². The predicted octanol–water partition coefficient (Wildman–Crippen LogP) is 0.589. The van der Waals surface area contributed by atoms with E-state index in [0.29, 0.717) is 12.8 Å². The lowest BCUT2D eigenvalue weighted by atomic mass is 10.0. The lowest BCUT2D eigenvalue weighted by molar-refractivity contribution is 0.0333. The fourth-order valence-electron chi connectivity index (χ4n) is 2.48. The maximum absolute atomic E-state index is 12.4. The molecule has 3 N–H and O–H groups in total. The average Bonchev–Trinajstić information content (AvgIpc) is 2.76. The van der Waals surface area contributed by atoms with Gasteiger partial charge in [-0.25, -0.2) is 13.4 Å². The molecule has 0 spiro atoms. The zero-order valence-electron chi connectivity index (χ0n) is 10.9. The van der Waals surface area contributed by atoms with Crippen LogP contribution < -0.4 is 5.73 Å². The summed E-state index contributed by atoms with van der Waals surface area (Å²) in [6.07, 6.45) is 4.57. The Labute approximate surface area is 113 Å². The Morgan fingerprint density at radius 2 is 2.11 bits per heavy atom. The standard InChI is InChI=1S/C12H19N3O3S/c1-15(9-12(16)6-2-3-7-12)19(17,18)10-5-4-8-14-11(10)13/h4-5,8,16H,2-3,6-7,9H2,1H3,(H2,13,14). The van der Waals surface area contributed by atoms with Gasteiger partial charge in [0.05, 0.1) is 5.60 Å². The van der Waals surface area contributed by atoms with Gasteiger partial charge in [-0.3, -0.25) is 0 Å². The molecule has 0 aromatic carbocycles. The van der Waals surface area contributed by atoms with E-state index in [-0.39, 0.29) is 17.3 Å². The van der Waals surface area contributed by atoms with Gasteiger partial charge in [-0.15, -0.1) is 0 Å². The summed E-state index contributed by atoms with van der Waals surface area (Å²) in [4.78, 5) is 3.77. The number of nitrogens with two attached hydrogens (primary N) is 1. The fraction of sp³-hybridized carbons (Fsp3) is 0.583. The van der Waals surface area contributed by atoms with Gasteiger partial charge < -0.3 is 10.8 Å². The van der Waals surface area contributed by atoms with E-state index >= 15 is 0 Å². The van der Waals surface area contributed by atoms with Gasteiger partial charge in [0.25, 0.3) is 0 Å². The molecule has 6 nitrogen and oxygen atoms in total. The number of aromatic nitrogens is 1. The first kappa shape index (κ1) is 14.2. The number of sulfonamides is 1. The summed E-state index contributed by atoms with van der Waals surface area (Å²) in [6.45, 7) is 0.0870. The first-order valence-electron chi connectivity index (χ1n) is 6.24. The molecule has 0 saturated heterocycles.